The second kappa shape index (κ2) is 9.71. The average molecular weight is 323 g/mol. The first-order valence-electron chi connectivity index (χ1n) is 6.24. The van der Waals surface area contributed by atoms with Crippen LogP contribution in [0.4, 0.5) is 0 Å². The monoisotopic (exact) mass is 323 g/mol. The summed E-state index contributed by atoms with van der Waals surface area (Å²) < 4.78 is 23.7. The van der Waals surface area contributed by atoms with Crippen molar-refractivity contribution in [2.45, 2.75) is 11.8 Å². The SMILES string of the molecule is Cc1[c-]c(-c2ccccc2)no1.O=S(O)c1ccccc1.[Na+]. The first-order valence-corrected chi connectivity index (χ1v) is 7.34. The summed E-state index contributed by atoms with van der Waals surface area (Å²) in [6.07, 6.45) is 0. The van der Waals surface area contributed by atoms with E-state index in [2.05, 4.69) is 11.2 Å². The van der Waals surface area contributed by atoms with Gasteiger partial charge in [0.1, 0.15) is 0 Å². The molecule has 6 heteroatoms. The molecule has 1 heterocycles. The molecule has 0 fully saturated rings. The molecular weight excluding hydrogens is 309 g/mol. The van der Waals surface area contributed by atoms with Crippen molar-refractivity contribution in [3.05, 3.63) is 72.5 Å². The fourth-order valence-electron chi connectivity index (χ4n) is 1.58. The zero-order valence-corrected chi connectivity index (χ0v) is 15.2. The van der Waals surface area contributed by atoms with Gasteiger partial charge in [-0.15, -0.1) is 22.9 Å². The predicted molar refractivity (Wildman–Crippen MR) is 81.0 cm³/mol. The number of nitrogens with zero attached hydrogens (tertiary/aromatic N) is 1. The fourth-order valence-corrected chi connectivity index (χ4v) is 1.97. The van der Waals surface area contributed by atoms with Gasteiger partial charge in [0.2, 0.25) is 0 Å². The second-order valence-corrected chi connectivity index (χ2v) is 5.11. The van der Waals surface area contributed by atoms with Crippen LogP contribution in [0.2, 0.25) is 0 Å². The Hall–Kier alpha value is -1.24. The van der Waals surface area contributed by atoms with Gasteiger partial charge in [0, 0.05) is 5.76 Å². The van der Waals surface area contributed by atoms with Crippen LogP contribution in [0.3, 0.4) is 0 Å². The minimum atomic E-state index is -1.83. The zero-order chi connectivity index (χ0) is 15.1. The van der Waals surface area contributed by atoms with Crippen LogP contribution in [-0.2, 0) is 11.1 Å². The van der Waals surface area contributed by atoms with E-state index in [0.29, 0.717) is 10.7 Å². The molecular formula is C16H14NNaO3S. The van der Waals surface area contributed by atoms with Gasteiger partial charge in [-0.1, -0.05) is 42.1 Å². The van der Waals surface area contributed by atoms with E-state index in [4.69, 9.17) is 9.08 Å². The number of aryl methyl sites for hydroxylation is 1. The van der Waals surface area contributed by atoms with E-state index in [9.17, 15) is 4.21 Å². The van der Waals surface area contributed by atoms with E-state index >= 15 is 0 Å². The van der Waals surface area contributed by atoms with E-state index in [1.54, 1.807) is 30.3 Å². The molecule has 2 aromatic carbocycles. The minimum Gasteiger partial charge on any atom is -0.384 e. The summed E-state index contributed by atoms with van der Waals surface area (Å²) in [5.74, 6) is 0.717. The summed E-state index contributed by atoms with van der Waals surface area (Å²) in [5.41, 5.74) is 1.81. The van der Waals surface area contributed by atoms with E-state index in [1.165, 1.54) is 0 Å². The molecule has 0 saturated carbocycles. The molecule has 3 aromatic rings. The van der Waals surface area contributed by atoms with Crippen molar-refractivity contribution in [1.82, 2.24) is 5.16 Å². The van der Waals surface area contributed by atoms with Crippen LogP contribution in [0.5, 0.6) is 0 Å². The van der Waals surface area contributed by atoms with E-state index < -0.39 is 11.1 Å². The Morgan fingerprint density at radius 2 is 1.59 bits per heavy atom. The fraction of sp³-hybridized carbons (Fsp3) is 0.0625. The van der Waals surface area contributed by atoms with Gasteiger partial charge in [-0.2, -0.15) is 6.07 Å². The molecule has 1 atom stereocenters. The van der Waals surface area contributed by atoms with E-state index in [0.717, 1.165) is 11.3 Å². The molecule has 1 N–H and O–H groups in total. The molecule has 0 aliphatic heterocycles. The topological polar surface area (TPSA) is 63.3 Å². The Labute approximate surface area is 154 Å². The third-order valence-corrected chi connectivity index (χ3v) is 3.24. The molecule has 0 aliphatic rings. The van der Waals surface area contributed by atoms with Crippen LogP contribution in [0.15, 0.2) is 70.1 Å². The Bertz CT molecular complexity index is 702. The molecule has 1 unspecified atom stereocenters. The molecule has 4 nitrogen and oxygen atoms in total. The Kier molecular flexibility index (Phi) is 8.30. The quantitative estimate of drug-likeness (QED) is 0.429. The maximum Gasteiger partial charge on any atom is 1.00 e. The van der Waals surface area contributed by atoms with Crippen LogP contribution in [-0.4, -0.2) is 13.9 Å². The van der Waals surface area contributed by atoms with Crippen LogP contribution < -0.4 is 29.6 Å². The van der Waals surface area contributed by atoms with Crippen LogP contribution in [0.1, 0.15) is 5.76 Å². The number of hydrogen-bond acceptors (Lipinski definition) is 3. The van der Waals surface area contributed by atoms with Gasteiger partial charge in [-0.3, -0.25) is 0 Å². The van der Waals surface area contributed by atoms with Gasteiger partial charge in [0.25, 0.3) is 0 Å². The molecule has 108 valence electrons. The Balaban J connectivity index is 0.000000219. The molecule has 1 aromatic heterocycles. The molecule has 3 rings (SSSR count). The van der Waals surface area contributed by atoms with Crippen LogP contribution in [0.25, 0.3) is 11.3 Å². The molecule has 0 spiro atoms. The maximum absolute atomic E-state index is 10.3. The van der Waals surface area contributed by atoms with Gasteiger partial charge in [0.15, 0.2) is 11.1 Å². The van der Waals surface area contributed by atoms with Gasteiger partial charge >= 0.3 is 29.6 Å². The number of hydrogen-bond donors (Lipinski definition) is 1. The van der Waals surface area contributed by atoms with Gasteiger partial charge in [-0.25, -0.2) is 4.21 Å². The molecule has 22 heavy (non-hydrogen) atoms. The largest absolute Gasteiger partial charge is 1.00 e. The van der Waals surface area contributed by atoms with E-state index in [-0.39, 0.29) is 29.6 Å². The smallest absolute Gasteiger partial charge is 0.384 e. The summed E-state index contributed by atoms with van der Waals surface area (Å²) in [4.78, 5) is 0.442. The summed E-state index contributed by atoms with van der Waals surface area (Å²) in [7, 11) is 0. The van der Waals surface area contributed by atoms with Gasteiger partial charge < -0.3 is 9.08 Å². The summed E-state index contributed by atoms with van der Waals surface area (Å²) >= 11 is -1.83. The predicted octanol–water partition coefficient (Wildman–Crippen LogP) is 0.721. The maximum atomic E-state index is 10.3. The summed E-state index contributed by atoms with van der Waals surface area (Å²) in [6, 6.07) is 21.3. The van der Waals surface area contributed by atoms with Crippen molar-refractivity contribution < 1.29 is 42.8 Å². The van der Waals surface area contributed by atoms with Crippen molar-refractivity contribution in [3.63, 3.8) is 0 Å². The normalized spacial score (nSPS) is 10.8. The van der Waals surface area contributed by atoms with Crippen molar-refractivity contribution in [3.8, 4) is 11.3 Å². The summed E-state index contributed by atoms with van der Waals surface area (Å²) in [6.45, 7) is 1.83. The average Bonchev–Trinajstić information content (AvgIpc) is 2.96. The Morgan fingerprint density at radius 3 is 2.00 bits per heavy atom. The molecule has 0 radical (unpaired) electrons. The Morgan fingerprint density at radius 1 is 1.05 bits per heavy atom. The van der Waals surface area contributed by atoms with Crippen molar-refractivity contribution >= 4 is 11.1 Å². The zero-order valence-electron chi connectivity index (χ0n) is 12.4. The molecule has 0 aliphatic carbocycles. The second-order valence-electron chi connectivity index (χ2n) is 4.14. The van der Waals surface area contributed by atoms with Crippen molar-refractivity contribution in [2.24, 2.45) is 0 Å². The third-order valence-electron chi connectivity index (χ3n) is 2.56. The molecule has 0 bridgehead atoms. The first kappa shape index (κ1) is 18.8. The molecule has 0 amide bonds. The standard InChI is InChI=1S/C10H8NO.C6H6O2S.Na/c1-8-7-10(11-12-8)9-5-3-2-4-6-9;7-9(8)6-4-2-1-3-5-6;/h2-6H,1H3;1-5H,(H,7,8);/q-1;;+1. The minimum absolute atomic E-state index is 0. The van der Waals surface area contributed by atoms with Crippen LogP contribution in [0, 0.1) is 13.0 Å². The number of rotatable bonds is 2. The van der Waals surface area contributed by atoms with Crippen LogP contribution >= 0.6 is 0 Å². The molecule has 0 saturated heterocycles. The third kappa shape index (κ3) is 5.87. The number of aromatic nitrogens is 1. The van der Waals surface area contributed by atoms with E-state index in [1.807, 2.05) is 37.3 Å². The first-order chi connectivity index (χ1) is 10.2. The van der Waals surface area contributed by atoms with Crippen molar-refractivity contribution in [2.75, 3.05) is 0 Å². The van der Waals surface area contributed by atoms with Gasteiger partial charge in [-0.05, 0) is 19.1 Å². The van der Waals surface area contributed by atoms with Gasteiger partial charge in [0.05, 0.1) is 4.90 Å². The summed E-state index contributed by atoms with van der Waals surface area (Å²) in [5, 5.41) is 3.86. The number of benzene rings is 2. The van der Waals surface area contributed by atoms with Crippen molar-refractivity contribution in [1.29, 1.82) is 0 Å².